The Morgan fingerprint density at radius 3 is 2.86 bits per heavy atom. The summed E-state index contributed by atoms with van der Waals surface area (Å²) in [6.45, 7) is 1.02. The Labute approximate surface area is 127 Å². The Hall–Kier alpha value is -2.11. The maximum atomic E-state index is 12.7. The van der Waals surface area contributed by atoms with Gasteiger partial charge in [0.1, 0.15) is 12.0 Å². The molecule has 0 unspecified atom stereocenters. The minimum atomic E-state index is -0.764. The van der Waals surface area contributed by atoms with Crippen LogP contribution in [-0.4, -0.2) is 40.8 Å². The van der Waals surface area contributed by atoms with Crippen molar-refractivity contribution >= 4 is 17.7 Å². The zero-order valence-electron chi connectivity index (χ0n) is 12.1. The van der Waals surface area contributed by atoms with E-state index in [1.807, 2.05) is 0 Å². The zero-order valence-corrected chi connectivity index (χ0v) is 12.1. The predicted octanol–water partition coefficient (Wildman–Crippen LogP) is 1.59. The summed E-state index contributed by atoms with van der Waals surface area (Å²) < 4.78 is 5.40. The Bertz CT molecular complexity index is 676. The lowest BCUT2D eigenvalue weighted by Crippen LogP contribution is -2.37. The summed E-state index contributed by atoms with van der Waals surface area (Å²) in [6.07, 6.45) is 4.03. The Morgan fingerprint density at radius 1 is 1.27 bits per heavy atom. The Balaban J connectivity index is 1.55. The van der Waals surface area contributed by atoms with E-state index in [1.165, 1.54) is 6.26 Å². The first kappa shape index (κ1) is 13.5. The molecule has 1 saturated heterocycles. The fraction of sp³-hybridized carbons (Fsp3) is 0.562. The molecule has 1 N–H and O–H groups in total. The van der Waals surface area contributed by atoms with E-state index in [9.17, 15) is 14.4 Å². The number of carbonyl (C=O) groups excluding carboxylic acids is 2. The number of aliphatic carboxylic acids is 1. The number of nitrogens with zero attached hydrogens (tertiary/aromatic N) is 1. The van der Waals surface area contributed by atoms with Crippen LogP contribution in [0.15, 0.2) is 10.7 Å². The van der Waals surface area contributed by atoms with Gasteiger partial charge in [-0.2, -0.15) is 0 Å². The van der Waals surface area contributed by atoms with Gasteiger partial charge in [-0.25, -0.2) is 0 Å². The lowest BCUT2D eigenvalue weighted by atomic mass is 9.93. The molecule has 1 aliphatic heterocycles. The molecule has 0 bridgehead atoms. The normalized spacial score (nSPS) is 29.7. The van der Waals surface area contributed by atoms with Gasteiger partial charge in [0.2, 0.25) is 0 Å². The van der Waals surface area contributed by atoms with Gasteiger partial charge in [0.25, 0.3) is 5.91 Å². The molecule has 6 nitrogen and oxygen atoms in total. The topological polar surface area (TPSA) is 87.8 Å². The van der Waals surface area contributed by atoms with Crippen molar-refractivity contribution in [2.45, 2.75) is 25.7 Å². The highest BCUT2D eigenvalue weighted by Gasteiger charge is 2.57. The molecule has 2 heterocycles. The average molecular weight is 303 g/mol. The molecule has 3 atom stereocenters. The smallest absolute Gasteiger partial charge is 0.307 e. The summed E-state index contributed by atoms with van der Waals surface area (Å²) in [5.41, 5.74) is 0.801. The number of hydrogen-bond acceptors (Lipinski definition) is 4. The molecule has 0 spiro atoms. The van der Waals surface area contributed by atoms with Crippen LogP contribution < -0.4 is 0 Å². The number of carbonyl (C=O) groups is 3. The first-order valence-electron chi connectivity index (χ1n) is 7.73. The molecule has 22 heavy (non-hydrogen) atoms. The molecule has 3 aliphatic rings. The summed E-state index contributed by atoms with van der Waals surface area (Å²) in [6, 6.07) is 0. The number of hydrogen-bond donors (Lipinski definition) is 1. The van der Waals surface area contributed by atoms with E-state index >= 15 is 0 Å². The third-order valence-corrected chi connectivity index (χ3v) is 5.25. The molecule has 4 rings (SSSR count). The lowest BCUT2D eigenvalue weighted by Gasteiger charge is -2.26. The second-order valence-corrected chi connectivity index (χ2v) is 6.46. The monoisotopic (exact) mass is 303 g/mol. The first-order valence-corrected chi connectivity index (χ1v) is 7.73. The highest BCUT2D eigenvalue weighted by molar-refractivity contribution is 6.09. The van der Waals surface area contributed by atoms with Crippen molar-refractivity contribution < 1.29 is 23.9 Å². The number of Topliss-reactive ketones (excluding diaryl/α,β-unsaturated/α-hetero) is 1. The number of ketones is 1. The SMILES string of the molecule is O=C1CCCc2occ(C(=O)N3CC[C@@H]4[C@H](C3)[C@@H]4C(=O)O)c21. The van der Waals surface area contributed by atoms with Crippen molar-refractivity contribution in [1.82, 2.24) is 4.90 Å². The van der Waals surface area contributed by atoms with Crippen molar-refractivity contribution in [3.8, 4) is 0 Å². The van der Waals surface area contributed by atoms with Crippen LogP contribution >= 0.6 is 0 Å². The molecule has 0 aromatic carbocycles. The standard InChI is InChI=1S/C16H17NO5/c18-11-2-1-3-12-14(11)10(7-22-12)15(19)17-5-4-8-9(6-17)13(8)16(20)21/h7-9,13H,1-6H2,(H,20,21)/t8-,9+,13-/m1/s1. The van der Waals surface area contributed by atoms with Crippen molar-refractivity contribution in [2.75, 3.05) is 13.1 Å². The number of piperidine rings is 1. The summed E-state index contributed by atoms with van der Waals surface area (Å²) in [5, 5.41) is 9.12. The molecule has 1 saturated carbocycles. The summed E-state index contributed by atoms with van der Waals surface area (Å²) >= 11 is 0. The number of likely N-dealkylation sites (tertiary alicyclic amines) is 1. The van der Waals surface area contributed by atoms with Crippen LogP contribution in [-0.2, 0) is 11.2 Å². The van der Waals surface area contributed by atoms with Gasteiger partial charge in [-0.3, -0.25) is 14.4 Å². The fourth-order valence-electron chi connectivity index (χ4n) is 4.04. The minimum absolute atomic E-state index is 0.0249. The van der Waals surface area contributed by atoms with Crippen LogP contribution in [0.25, 0.3) is 0 Å². The third-order valence-electron chi connectivity index (χ3n) is 5.25. The van der Waals surface area contributed by atoms with Crippen molar-refractivity contribution in [2.24, 2.45) is 17.8 Å². The minimum Gasteiger partial charge on any atom is -0.481 e. The molecular weight excluding hydrogens is 286 g/mol. The van der Waals surface area contributed by atoms with Gasteiger partial charge in [-0.05, 0) is 24.7 Å². The molecule has 1 aromatic heterocycles. The predicted molar refractivity (Wildman–Crippen MR) is 74.6 cm³/mol. The van der Waals surface area contributed by atoms with Gasteiger partial charge in [0.05, 0.1) is 17.0 Å². The highest BCUT2D eigenvalue weighted by atomic mass is 16.4. The largest absolute Gasteiger partial charge is 0.481 e. The molecule has 2 fully saturated rings. The van der Waals surface area contributed by atoms with Crippen molar-refractivity contribution in [1.29, 1.82) is 0 Å². The number of carboxylic acid groups (broad SMARTS) is 1. The van der Waals surface area contributed by atoms with Crippen LogP contribution in [0, 0.1) is 17.8 Å². The van der Waals surface area contributed by atoms with Gasteiger partial charge in [0.15, 0.2) is 5.78 Å². The quantitative estimate of drug-likeness (QED) is 0.896. The molecule has 1 amide bonds. The number of furan rings is 1. The van der Waals surface area contributed by atoms with Crippen LogP contribution in [0.5, 0.6) is 0 Å². The van der Waals surface area contributed by atoms with Crippen LogP contribution in [0.1, 0.15) is 45.7 Å². The zero-order chi connectivity index (χ0) is 15.4. The number of rotatable bonds is 2. The summed E-state index contributed by atoms with van der Waals surface area (Å²) in [4.78, 5) is 37.5. The summed E-state index contributed by atoms with van der Waals surface area (Å²) in [7, 11) is 0. The first-order chi connectivity index (χ1) is 10.6. The van der Waals surface area contributed by atoms with E-state index < -0.39 is 5.97 Å². The van der Waals surface area contributed by atoms with Gasteiger partial charge in [-0.15, -0.1) is 0 Å². The van der Waals surface area contributed by atoms with Crippen molar-refractivity contribution in [3.05, 3.63) is 23.2 Å². The van der Waals surface area contributed by atoms with Gasteiger partial charge in [-0.1, -0.05) is 0 Å². The number of carboxylic acids is 1. The average Bonchev–Trinajstić information content (AvgIpc) is 3.06. The maximum Gasteiger partial charge on any atom is 0.307 e. The third kappa shape index (κ3) is 1.90. The maximum absolute atomic E-state index is 12.7. The van der Waals surface area contributed by atoms with Crippen molar-refractivity contribution in [3.63, 3.8) is 0 Å². The highest BCUT2D eigenvalue weighted by Crippen LogP contribution is 2.51. The molecule has 116 valence electrons. The Morgan fingerprint density at radius 2 is 2.09 bits per heavy atom. The molecule has 1 aromatic rings. The Kier molecular flexibility index (Phi) is 2.89. The number of amides is 1. The lowest BCUT2D eigenvalue weighted by molar-refractivity contribution is -0.139. The van der Waals surface area contributed by atoms with Gasteiger partial charge in [0, 0.05) is 25.9 Å². The number of fused-ring (bicyclic) bond motifs is 2. The summed E-state index contributed by atoms with van der Waals surface area (Å²) in [5.74, 6) is -0.407. The second kappa shape index (κ2) is 4.69. The van der Waals surface area contributed by atoms with Gasteiger partial charge < -0.3 is 14.4 Å². The van der Waals surface area contributed by atoms with E-state index in [2.05, 4.69) is 0 Å². The molecule has 2 aliphatic carbocycles. The molecular formula is C16H17NO5. The van der Waals surface area contributed by atoms with Crippen LogP contribution in [0.3, 0.4) is 0 Å². The van der Waals surface area contributed by atoms with E-state index in [0.29, 0.717) is 42.8 Å². The molecule has 0 radical (unpaired) electrons. The van der Waals surface area contributed by atoms with E-state index in [0.717, 1.165) is 12.8 Å². The van der Waals surface area contributed by atoms with Crippen LogP contribution in [0.4, 0.5) is 0 Å². The van der Waals surface area contributed by atoms with E-state index in [-0.39, 0.29) is 29.4 Å². The van der Waals surface area contributed by atoms with Gasteiger partial charge >= 0.3 is 5.97 Å². The fourth-order valence-corrected chi connectivity index (χ4v) is 4.04. The van der Waals surface area contributed by atoms with E-state index in [1.54, 1.807) is 4.90 Å². The second-order valence-electron chi connectivity index (χ2n) is 6.46. The molecule has 6 heteroatoms. The van der Waals surface area contributed by atoms with Crippen LogP contribution in [0.2, 0.25) is 0 Å². The van der Waals surface area contributed by atoms with E-state index in [4.69, 9.17) is 9.52 Å². The number of aryl methyl sites for hydroxylation is 1.